The summed E-state index contributed by atoms with van der Waals surface area (Å²) in [6.45, 7) is 2.31. The van der Waals surface area contributed by atoms with Gasteiger partial charge in [0.25, 0.3) is 0 Å². The lowest BCUT2D eigenvalue weighted by atomic mass is 10.6. The van der Waals surface area contributed by atoms with Gasteiger partial charge in [-0.25, -0.2) is 8.42 Å². The standard InChI is InChI=1S/C7H15NO2S/c1-2-11(9,10)6-5-8-7-3-4-7/h7-8H,2-6H2,1H3. The summed E-state index contributed by atoms with van der Waals surface area (Å²) in [5, 5.41) is 3.17. The maximum absolute atomic E-state index is 11.0. The van der Waals surface area contributed by atoms with Crippen LogP contribution in [0.25, 0.3) is 0 Å². The van der Waals surface area contributed by atoms with Crippen molar-refractivity contribution < 1.29 is 8.42 Å². The summed E-state index contributed by atoms with van der Waals surface area (Å²) in [4.78, 5) is 0. The Balaban J connectivity index is 2.09. The quantitative estimate of drug-likeness (QED) is 0.651. The molecule has 0 spiro atoms. The fourth-order valence-electron chi connectivity index (χ4n) is 0.850. The van der Waals surface area contributed by atoms with E-state index in [1.807, 2.05) is 0 Å². The first-order valence-corrected chi connectivity index (χ1v) is 5.90. The minimum atomic E-state index is -2.75. The van der Waals surface area contributed by atoms with Crippen LogP contribution in [0.1, 0.15) is 19.8 Å². The van der Waals surface area contributed by atoms with Crippen molar-refractivity contribution in [1.29, 1.82) is 0 Å². The van der Waals surface area contributed by atoms with Crippen LogP contribution in [0.15, 0.2) is 0 Å². The molecule has 66 valence electrons. The van der Waals surface area contributed by atoms with Crippen LogP contribution in [0.5, 0.6) is 0 Å². The molecule has 1 saturated carbocycles. The van der Waals surface area contributed by atoms with E-state index in [9.17, 15) is 8.42 Å². The molecule has 0 heterocycles. The van der Waals surface area contributed by atoms with E-state index in [4.69, 9.17) is 0 Å². The van der Waals surface area contributed by atoms with E-state index in [1.54, 1.807) is 6.92 Å². The van der Waals surface area contributed by atoms with Crippen LogP contribution in [-0.4, -0.2) is 32.5 Å². The summed E-state index contributed by atoms with van der Waals surface area (Å²) in [5.41, 5.74) is 0. The van der Waals surface area contributed by atoms with Crippen molar-refractivity contribution in [2.45, 2.75) is 25.8 Å². The van der Waals surface area contributed by atoms with Crippen LogP contribution in [0.3, 0.4) is 0 Å². The highest BCUT2D eigenvalue weighted by Crippen LogP contribution is 2.17. The third-order valence-corrected chi connectivity index (χ3v) is 3.57. The maximum atomic E-state index is 11.0. The first-order valence-electron chi connectivity index (χ1n) is 4.08. The number of rotatable bonds is 5. The Hall–Kier alpha value is -0.0900. The average molecular weight is 177 g/mol. The molecule has 0 aliphatic heterocycles. The molecule has 0 aromatic carbocycles. The second-order valence-corrected chi connectivity index (χ2v) is 5.44. The lowest BCUT2D eigenvalue weighted by molar-refractivity contribution is 0.591. The van der Waals surface area contributed by atoms with Crippen LogP contribution in [-0.2, 0) is 9.84 Å². The number of nitrogens with one attached hydrogen (secondary N) is 1. The summed E-state index contributed by atoms with van der Waals surface area (Å²) in [6.07, 6.45) is 2.43. The summed E-state index contributed by atoms with van der Waals surface area (Å²) in [5.74, 6) is 0.555. The number of sulfone groups is 1. The molecule has 1 aliphatic rings. The van der Waals surface area contributed by atoms with E-state index in [1.165, 1.54) is 12.8 Å². The van der Waals surface area contributed by atoms with Gasteiger partial charge in [0.1, 0.15) is 0 Å². The smallest absolute Gasteiger partial charge is 0.151 e. The van der Waals surface area contributed by atoms with Crippen LogP contribution in [0, 0.1) is 0 Å². The summed E-state index contributed by atoms with van der Waals surface area (Å²) in [6, 6.07) is 0.613. The van der Waals surface area contributed by atoms with Gasteiger partial charge in [-0.1, -0.05) is 6.92 Å². The molecule has 0 unspecified atom stereocenters. The molecule has 11 heavy (non-hydrogen) atoms. The van der Waals surface area contributed by atoms with Crippen LogP contribution >= 0.6 is 0 Å². The molecule has 0 saturated heterocycles. The molecule has 1 rings (SSSR count). The minimum absolute atomic E-state index is 0.263. The van der Waals surface area contributed by atoms with Crippen LogP contribution in [0.2, 0.25) is 0 Å². The van der Waals surface area contributed by atoms with Gasteiger partial charge in [0, 0.05) is 18.3 Å². The van der Waals surface area contributed by atoms with Gasteiger partial charge >= 0.3 is 0 Å². The number of hydrogen-bond donors (Lipinski definition) is 1. The maximum Gasteiger partial charge on any atom is 0.151 e. The minimum Gasteiger partial charge on any atom is -0.313 e. The van der Waals surface area contributed by atoms with Gasteiger partial charge in [0.05, 0.1) is 5.75 Å². The van der Waals surface area contributed by atoms with Gasteiger partial charge < -0.3 is 5.32 Å². The highest BCUT2D eigenvalue weighted by atomic mass is 32.2. The monoisotopic (exact) mass is 177 g/mol. The van der Waals surface area contributed by atoms with E-state index >= 15 is 0 Å². The molecule has 0 aromatic heterocycles. The van der Waals surface area contributed by atoms with Crippen molar-refractivity contribution in [3.63, 3.8) is 0 Å². The molecule has 0 atom stereocenters. The summed E-state index contributed by atoms with van der Waals surface area (Å²) >= 11 is 0. The van der Waals surface area contributed by atoms with E-state index in [0.717, 1.165) is 0 Å². The van der Waals surface area contributed by atoms with Crippen molar-refractivity contribution in [2.24, 2.45) is 0 Å². The van der Waals surface area contributed by atoms with Gasteiger partial charge in [-0.3, -0.25) is 0 Å². The molecule has 4 heteroatoms. The SMILES string of the molecule is CCS(=O)(=O)CCNC1CC1. The first-order chi connectivity index (χ1) is 5.14. The highest BCUT2D eigenvalue weighted by molar-refractivity contribution is 7.91. The van der Waals surface area contributed by atoms with E-state index in [0.29, 0.717) is 18.3 Å². The van der Waals surface area contributed by atoms with Gasteiger partial charge in [0.15, 0.2) is 9.84 Å². The molecule has 1 fully saturated rings. The van der Waals surface area contributed by atoms with Gasteiger partial charge in [0.2, 0.25) is 0 Å². The summed E-state index contributed by atoms with van der Waals surface area (Å²) < 4.78 is 21.9. The zero-order chi connectivity index (χ0) is 8.32. The highest BCUT2D eigenvalue weighted by Gasteiger charge is 2.20. The molecule has 0 bridgehead atoms. The van der Waals surface area contributed by atoms with Crippen LogP contribution in [0.4, 0.5) is 0 Å². The van der Waals surface area contributed by atoms with Gasteiger partial charge in [-0.15, -0.1) is 0 Å². The van der Waals surface area contributed by atoms with Crippen molar-refractivity contribution in [1.82, 2.24) is 5.32 Å². The van der Waals surface area contributed by atoms with Gasteiger partial charge in [-0.2, -0.15) is 0 Å². The molecule has 0 amide bonds. The lowest BCUT2D eigenvalue weighted by Gasteiger charge is -2.01. The lowest BCUT2D eigenvalue weighted by Crippen LogP contribution is -2.25. The largest absolute Gasteiger partial charge is 0.313 e. The van der Waals surface area contributed by atoms with E-state index < -0.39 is 9.84 Å². The Bertz CT molecular complexity index is 206. The van der Waals surface area contributed by atoms with Crippen LogP contribution < -0.4 is 5.32 Å². The van der Waals surface area contributed by atoms with E-state index in [-0.39, 0.29) is 5.75 Å². The third kappa shape index (κ3) is 3.72. The Labute approximate surface area is 68.1 Å². The predicted octanol–water partition coefficient (Wildman–Crippen LogP) is 0.173. The van der Waals surface area contributed by atoms with Crippen molar-refractivity contribution in [3.05, 3.63) is 0 Å². The second-order valence-electron chi connectivity index (χ2n) is 2.96. The summed E-state index contributed by atoms with van der Waals surface area (Å²) in [7, 11) is -2.75. The Morgan fingerprint density at radius 2 is 2.09 bits per heavy atom. The molecular weight excluding hydrogens is 162 g/mol. The van der Waals surface area contributed by atoms with Crippen molar-refractivity contribution >= 4 is 9.84 Å². The fraction of sp³-hybridized carbons (Fsp3) is 1.00. The van der Waals surface area contributed by atoms with Gasteiger partial charge in [-0.05, 0) is 12.8 Å². The molecular formula is C7H15NO2S. The van der Waals surface area contributed by atoms with Crippen molar-refractivity contribution in [3.8, 4) is 0 Å². The van der Waals surface area contributed by atoms with Crippen molar-refractivity contribution in [2.75, 3.05) is 18.1 Å². The fourth-order valence-corrected chi connectivity index (χ4v) is 1.57. The number of hydrogen-bond acceptors (Lipinski definition) is 3. The molecule has 3 nitrogen and oxygen atoms in total. The molecule has 1 N–H and O–H groups in total. The molecule has 0 aromatic rings. The first kappa shape index (κ1) is 9.00. The Morgan fingerprint density at radius 3 is 2.55 bits per heavy atom. The Kier molecular flexibility index (Phi) is 2.90. The zero-order valence-corrected chi connectivity index (χ0v) is 7.65. The molecule has 1 aliphatic carbocycles. The Morgan fingerprint density at radius 1 is 1.45 bits per heavy atom. The predicted molar refractivity (Wildman–Crippen MR) is 45.4 cm³/mol. The zero-order valence-electron chi connectivity index (χ0n) is 6.84. The van der Waals surface area contributed by atoms with E-state index in [2.05, 4.69) is 5.32 Å². The molecule has 0 radical (unpaired) electrons. The normalized spacial score (nSPS) is 18.6. The second kappa shape index (κ2) is 3.54. The third-order valence-electron chi connectivity index (χ3n) is 1.86. The average Bonchev–Trinajstić information content (AvgIpc) is 2.71. The topological polar surface area (TPSA) is 46.2 Å².